The van der Waals surface area contributed by atoms with Crippen LogP contribution in [0.15, 0.2) is 28.9 Å². The van der Waals surface area contributed by atoms with Gasteiger partial charge in [-0.2, -0.15) is 0 Å². The molecule has 2 aromatic rings. The first kappa shape index (κ1) is 12.7. The van der Waals surface area contributed by atoms with Gasteiger partial charge in [-0.15, -0.1) is 0 Å². The molecule has 0 saturated heterocycles. The lowest BCUT2D eigenvalue weighted by Gasteiger charge is -2.05. The summed E-state index contributed by atoms with van der Waals surface area (Å²) in [5.74, 6) is 0.228. The fourth-order valence-corrected chi connectivity index (χ4v) is 1.98. The Morgan fingerprint density at radius 3 is 2.88 bits per heavy atom. The summed E-state index contributed by atoms with van der Waals surface area (Å²) in [5, 5.41) is 0.383. The van der Waals surface area contributed by atoms with E-state index in [9.17, 15) is 4.39 Å². The molecule has 0 saturated carbocycles. The molecule has 0 atom stereocenters. The molecule has 0 aliphatic heterocycles. The molecule has 6 heteroatoms. The summed E-state index contributed by atoms with van der Waals surface area (Å²) in [5.41, 5.74) is 0.412. The van der Waals surface area contributed by atoms with Crippen LogP contribution in [-0.4, -0.2) is 9.97 Å². The highest BCUT2D eigenvalue weighted by Crippen LogP contribution is 2.21. The third-order valence-electron chi connectivity index (χ3n) is 2.21. The number of aromatic amines is 1. The number of nitrogens with zero attached hydrogens (tertiary/aromatic N) is 1. The molecule has 0 aliphatic rings. The topological polar surface area (TPSA) is 28.7 Å². The van der Waals surface area contributed by atoms with E-state index in [0.29, 0.717) is 25.5 Å². The maximum absolute atomic E-state index is 13.6. The molecule has 0 amide bonds. The van der Waals surface area contributed by atoms with E-state index in [0.717, 1.165) is 0 Å². The van der Waals surface area contributed by atoms with Gasteiger partial charge in [0.05, 0.1) is 4.47 Å². The molecule has 0 bridgehead atoms. The van der Waals surface area contributed by atoms with E-state index in [1.54, 1.807) is 18.3 Å². The highest BCUT2D eigenvalue weighted by atomic mass is 79.9. The van der Waals surface area contributed by atoms with Gasteiger partial charge in [0, 0.05) is 23.2 Å². The summed E-state index contributed by atoms with van der Waals surface area (Å²) in [7, 11) is 0. The van der Waals surface area contributed by atoms with Gasteiger partial charge in [-0.05, 0) is 28.1 Å². The lowest BCUT2D eigenvalue weighted by molar-refractivity contribution is 0.612. The monoisotopic (exact) mass is 332 g/mol. The first-order valence-electron chi connectivity index (χ1n) is 4.74. The van der Waals surface area contributed by atoms with Crippen LogP contribution in [-0.2, 0) is 6.42 Å². The zero-order valence-corrected chi connectivity index (χ0v) is 11.7. The molecular weight excluding hydrogens is 327 g/mol. The third-order valence-corrected chi connectivity index (χ3v) is 3.75. The van der Waals surface area contributed by atoms with Crippen LogP contribution in [0.1, 0.15) is 11.4 Å². The van der Waals surface area contributed by atoms with E-state index in [4.69, 9.17) is 23.8 Å². The lowest BCUT2D eigenvalue weighted by atomic mass is 10.1. The van der Waals surface area contributed by atoms with Crippen LogP contribution in [0.3, 0.4) is 0 Å². The van der Waals surface area contributed by atoms with Crippen molar-refractivity contribution in [3.05, 3.63) is 55.7 Å². The van der Waals surface area contributed by atoms with Crippen LogP contribution in [0.4, 0.5) is 4.39 Å². The molecular formula is C11H7BrClFN2S. The van der Waals surface area contributed by atoms with Crippen LogP contribution in [0, 0.1) is 10.5 Å². The largest absolute Gasteiger partial charge is 0.334 e. The Morgan fingerprint density at radius 1 is 1.47 bits per heavy atom. The molecule has 1 heterocycles. The predicted molar refractivity (Wildman–Crippen MR) is 71.3 cm³/mol. The molecule has 88 valence electrons. The number of benzene rings is 1. The second-order valence-corrected chi connectivity index (χ2v) is 5.05. The van der Waals surface area contributed by atoms with E-state index >= 15 is 0 Å². The number of aromatic nitrogens is 2. The van der Waals surface area contributed by atoms with E-state index in [1.165, 1.54) is 6.07 Å². The maximum atomic E-state index is 13.6. The lowest BCUT2D eigenvalue weighted by Crippen LogP contribution is -1.99. The van der Waals surface area contributed by atoms with Crippen molar-refractivity contribution in [3.63, 3.8) is 0 Å². The Morgan fingerprint density at radius 2 is 2.24 bits per heavy atom. The van der Waals surface area contributed by atoms with Crippen LogP contribution in [0.2, 0.25) is 5.02 Å². The van der Waals surface area contributed by atoms with Crippen molar-refractivity contribution in [1.29, 1.82) is 0 Å². The van der Waals surface area contributed by atoms with Crippen molar-refractivity contribution in [3.8, 4) is 0 Å². The number of hydrogen-bond donors (Lipinski definition) is 1. The number of halogens is 3. The fourth-order valence-electron chi connectivity index (χ4n) is 1.37. The maximum Gasteiger partial charge on any atom is 0.128 e. The first-order chi connectivity index (χ1) is 8.08. The molecule has 0 spiro atoms. The molecule has 1 aromatic heterocycles. The van der Waals surface area contributed by atoms with E-state index < -0.39 is 0 Å². The van der Waals surface area contributed by atoms with Gasteiger partial charge in [0.2, 0.25) is 0 Å². The summed E-state index contributed by atoms with van der Waals surface area (Å²) >= 11 is 14.2. The zero-order valence-electron chi connectivity index (χ0n) is 8.51. The summed E-state index contributed by atoms with van der Waals surface area (Å²) < 4.78 is 14.8. The average Bonchev–Trinajstić information content (AvgIpc) is 2.28. The second kappa shape index (κ2) is 5.25. The highest BCUT2D eigenvalue weighted by molar-refractivity contribution is 9.10. The van der Waals surface area contributed by atoms with Gasteiger partial charge in [0.15, 0.2) is 0 Å². The predicted octanol–water partition coefficient (Wildman–Crippen LogP) is 4.28. The van der Waals surface area contributed by atoms with Gasteiger partial charge in [-0.3, -0.25) is 0 Å². The molecule has 2 nitrogen and oxygen atoms in total. The standard InChI is InChI=1S/C11H7BrClFN2S/c12-7-5-15-10(16-11(7)17)4-6-8(13)2-1-3-9(6)14/h1-3,5H,4H2,(H,15,16,17). The summed E-state index contributed by atoms with van der Waals surface area (Å²) in [6, 6.07) is 4.58. The van der Waals surface area contributed by atoms with Crippen molar-refractivity contribution in [2.45, 2.75) is 6.42 Å². The van der Waals surface area contributed by atoms with E-state index in [-0.39, 0.29) is 12.2 Å². The summed E-state index contributed by atoms with van der Waals surface area (Å²) in [6.45, 7) is 0. The fraction of sp³-hybridized carbons (Fsp3) is 0.0909. The number of hydrogen-bond acceptors (Lipinski definition) is 2. The smallest absolute Gasteiger partial charge is 0.128 e. The first-order valence-corrected chi connectivity index (χ1v) is 6.32. The van der Waals surface area contributed by atoms with E-state index in [1.807, 2.05) is 0 Å². The van der Waals surface area contributed by atoms with Gasteiger partial charge in [-0.25, -0.2) is 9.37 Å². The molecule has 2 rings (SSSR count). The van der Waals surface area contributed by atoms with Crippen molar-refractivity contribution < 1.29 is 4.39 Å². The number of nitrogens with one attached hydrogen (secondary N) is 1. The number of H-pyrrole nitrogens is 1. The average molecular weight is 334 g/mol. The van der Waals surface area contributed by atoms with Crippen LogP contribution in [0.5, 0.6) is 0 Å². The molecule has 0 unspecified atom stereocenters. The zero-order chi connectivity index (χ0) is 12.4. The van der Waals surface area contributed by atoms with Gasteiger partial charge >= 0.3 is 0 Å². The highest BCUT2D eigenvalue weighted by Gasteiger charge is 2.09. The Hall–Kier alpha value is -0.780. The van der Waals surface area contributed by atoms with Gasteiger partial charge in [0.25, 0.3) is 0 Å². The van der Waals surface area contributed by atoms with Crippen molar-refractivity contribution in [1.82, 2.24) is 9.97 Å². The van der Waals surface area contributed by atoms with Gasteiger partial charge < -0.3 is 4.98 Å². The minimum atomic E-state index is -0.346. The van der Waals surface area contributed by atoms with Crippen molar-refractivity contribution in [2.75, 3.05) is 0 Å². The van der Waals surface area contributed by atoms with Crippen molar-refractivity contribution >= 4 is 39.7 Å². The van der Waals surface area contributed by atoms with Gasteiger partial charge in [-0.1, -0.05) is 29.9 Å². The Balaban J connectivity index is 2.38. The molecule has 0 fully saturated rings. The second-order valence-electron chi connectivity index (χ2n) is 3.38. The quantitative estimate of drug-likeness (QED) is 0.831. The van der Waals surface area contributed by atoms with Gasteiger partial charge in [0.1, 0.15) is 16.3 Å². The van der Waals surface area contributed by atoms with Crippen LogP contribution in [0.25, 0.3) is 0 Å². The third kappa shape index (κ3) is 2.91. The number of rotatable bonds is 2. The Labute approximate surface area is 116 Å². The normalized spacial score (nSPS) is 10.5. The van der Waals surface area contributed by atoms with Crippen molar-refractivity contribution in [2.24, 2.45) is 0 Å². The molecule has 0 radical (unpaired) electrons. The molecule has 1 aromatic carbocycles. The van der Waals surface area contributed by atoms with Crippen LogP contribution < -0.4 is 0 Å². The molecule has 0 aliphatic carbocycles. The molecule has 17 heavy (non-hydrogen) atoms. The summed E-state index contributed by atoms with van der Waals surface area (Å²) in [6.07, 6.45) is 1.87. The Kier molecular flexibility index (Phi) is 3.91. The SMILES string of the molecule is Fc1cccc(Cl)c1Cc1ncc(Br)c(=S)[nH]1. The Bertz CT molecular complexity index is 594. The summed E-state index contributed by atoms with van der Waals surface area (Å²) in [4.78, 5) is 7.03. The van der Waals surface area contributed by atoms with E-state index in [2.05, 4.69) is 25.9 Å². The minimum Gasteiger partial charge on any atom is -0.334 e. The molecule has 1 N–H and O–H groups in total. The minimum absolute atomic E-state index is 0.280. The van der Waals surface area contributed by atoms with Crippen LogP contribution >= 0.6 is 39.7 Å².